The smallest absolute Gasteiger partial charge is 0.306 e. The molecule has 0 unspecified atom stereocenters. The first kappa shape index (κ1) is 12.5. The van der Waals surface area contributed by atoms with Gasteiger partial charge in [0, 0.05) is 6.42 Å². The SMILES string of the molecule is CCCCCC(=O)OC(C)(C)CC. The lowest BCUT2D eigenvalue weighted by atomic mass is 10.1. The molecule has 0 saturated carbocycles. The van der Waals surface area contributed by atoms with Crippen molar-refractivity contribution in [1.82, 2.24) is 0 Å². The van der Waals surface area contributed by atoms with Gasteiger partial charge in [-0.25, -0.2) is 0 Å². The van der Waals surface area contributed by atoms with Crippen molar-refractivity contribution >= 4 is 5.97 Å². The van der Waals surface area contributed by atoms with Crippen LogP contribution in [-0.2, 0) is 9.53 Å². The van der Waals surface area contributed by atoms with Gasteiger partial charge in [-0.15, -0.1) is 0 Å². The van der Waals surface area contributed by atoms with Crippen LogP contribution in [0.2, 0.25) is 0 Å². The van der Waals surface area contributed by atoms with Gasteiger partial charge in [-0.3, -0.25) is 4.79 Å². The third kappa shape index (κ3) is 6.62. The maximum Gasteiger partial charge on any atom is 0.306 e. The number of hydrogen-bond acceptors (Lipinski definition) is 2. The maximum absolute atomic E-state index is 11.3. The van der Waals surface area contributed by atoms with Gasteiger partial charge in [0.05, 0.1) is 0 Å². The van der Waals surface area contributed by atoms with Crippen molar-refractivity contribution in [2.45, 2.75) is 65.4 Å². The zero-order chi connectivity index (χ0) is 10.3. The van der Waals surface area contributed by atoms with Gasteiger partial charge in [-0.05, 0) is 26.7 Å². The van der Waals surface area contributed by atoms with Crippen LogP contribution in [0.4, 0.5) is 0 Å². The summed E-state index contributed by atoms with van der Waals surface area (Å²) < 4.78 is 5.29. The Bertz CT molecular complexity index is 150. The number of hydrogen-bond donors (Lipinski definition) is 0. The van der Waals surface area contributed by atoms with Crippen LogP contribution in [0.25, 0.3) is 0 Å². The number of unbranched alkanes of at least 4 members (excludes halogenated alkanes) is 2. The molecular formula is C11H22O2. The molecule has 0 aromatic rings. The predicted molar refractivity (Wildman–Crippen MR) is 54.6 cm³/mol. The molecule has 2 nitrogen and oxygen atoms in total. The molecule has 0 amide bonds. The second-order valence-electron chi connectivity index (χ2n) is 4.04. The minimum Gasteiger partial charge on any atom is -0.460 e. The molecule has 78 valence electrons. The lowest BCUT2D eigenvalue weighted by Crippen LogP contribution is -2.26. The van der Waals surface area contributed by atoms with Gasteiger partial charge in [0.1, 0.15) is 5.60 Å². The minimum atomic E-state index is -0.288. The highest BCUT2D eigenvalue weighted by Gasteiger charge is 2.19. The van der Waals surface area contributed by atoms with Crippen LogP contribution in [0, 0.1) is 0 Å². The Morgan fingerprint density at radius 2 is 1.85 bits per heavy atom. The summed E-state index contributed by atoms with van der Waals surface area (Å²) in [6.07, 6.45) is 4.64. The fourth-order valence-electron chi connectivity index (χ4n) is 0.951. The first-order valence-corrected chi connectivity index (χ1v) is 5.23. The van der Waals surface area contributed by atoms with Crippen LogP contribution in [0.5, 0.6) is 0 Å². The van der Waals surface area contributed by atoms with E-state index in [9.17, 15) is 4.79 Å². The van der Waals surface area contributed by atoms with E-state index < -0.39 is 0 Å². The molecule has 0 N–H and O–H groups in total. The number of ether oxygens (including phenoxy) is 1. The Hall–Kier alpha value is -0.530. The molecule has 0 aliphatic carbocycles. The molecular weight excluding hydrogens is 164 g/mol. The van der Waals surface area contributed by atoms with E-state index in [-0.39, 0.29) is 11.6 Å². The van der Waals surface area contributed by atoms with Crippen molar-refractivity contribution in [2.24, 2.45) is 0 Å². The average molecular weight is 186 g/mol. The van der Waals surface area contributed by atoms with Crippen LogP contribution >= 0.6 is 0 Å². The van der Waals surface area contributed by atoms with Gasteiger partial charge in [0.2, 0.25) is 0 Å². The van der Waals surface area contributed by atoms with E-state index >= 15 is 0 Å². The van der Waals surface area contributed by atoms with E-state index in [1.807, 2.05) is 20.8 Å². The zero-order valence-corrected chi connectivity index (χ0v) is 9.35. The third-order valence-corrected chi connectivity index (χ3v) is 2.23. The predicted octanol–water partition coefficient (Wildman–Crippen LogP) is 3.30. The second kappa shape index (κ2) is 6.01. The van der Waals surface area contributed by atoms with E-state index in [0.29, 0.717) is 6.42 Å². The minimum absolute atomic E-state index is 0.0553. The number of esters is 1. The second-order valence-corrected chi connectivity index (χ2v) is 4.04. The summed E-state index contributed by atoms with van der Waals surface area (Å²) in [6, 6.07) is 0. The highest BCUT2D eigenvalue weighted by molar-refractivity contribution is 5.69. The Balaban J connectivity index is 3.62. The zero-order valence-electron chi connectivity index (χ0n) is 9.35. The van der Waals surface area contributed by atoms with E-state index in [0.717, 1.165) is 25.7 Å². The van der Waals surface area contributed by atoms with Gasteiger partial charge in [0.25, 0.3) is 0 Å². The number of rotatable bonds is 6. The fraction of sp³-hybridized carbons (Fsp3) is 0.909. The van der Waals surface area contributed by atoms with Gasteiger partial charge in [-0.2, -0.15) is 0 Å². The average Bonchev–Trinajstić information content (AvgIpc) is 2.04. The summed E-state index contributed by atoms with van der Waals surface area (Å²) in [7, 11) is 0. The molecule has 0 radical (unpaired) electrons. The Morgan fingerprint density at radius 3 is 2.31 bits per heavy atom. The van der Waals surface area contributed by atoms with Gasteiger partial charge in [-0.1, -0.05) is 26.7 Å². The molecule has 2 heteroatoms. The normalized spacial score (nSPS) is 11.4. The van der Waals surface area contributed by atoms with Crippen LogP contribution in [0.15, 0.2) is 0 Å². The first-order valence-electron chi connectivity index (χ1n) is 5.23. The molecule has 0 aliphatic rings. The van der Waals surface area contributed by atoms with E-state index in [1.165, 1.54) is 0 Å². The largest absolute Gasteiger partial charge is 0.460 e. The maximum atomic E-state index is 11.3. The number of carbonyl (C=O) groups excluding carboxylic acids is 1. The summed E-state index contributed by atoms with van der Waals surface area (Å²) in [4.78, 5) is 11.3. The molecule has 0 aromatic heterocycles. The Morgan fingerprint density at radius 1 is 1.23 bits per heavy atom. The highest BCUT2D eigenvalue weighted by atomic mass is 16.6. The topological polar surface area (TPSA) is 26.3 Å². The van der Waals surface area contributed by atoms with Crippen molar-refractivity contribution in [1.29, 1.82) is 0 Å². The summed E-state index contributed by atoms with van der Waals surface area (Å²) in [5, 5.41) is 0. The summed E-state index contributed by atoms with van der Waals surface area (Å²) in [5.41, 5.74) is -0.288. The van der Waals surface area contributed by atoms with E-state index in [4.69, 9.17) is 4.74 Å². The Kier molecular flexibility index (Phi) is 5.76. The fourth-order valence-corrected chi connectivity index (χ4v) is 0.951. The van der Waals surface area contributed by atoms with Crippen LogP contribution in [-0.4, -0.2) is 11.6 Å². The molecule has 0 spiro atoms. The highest BCUT2D eigenvalue weighted by Crippen LogP contribution is 2.15. The first-order chi connectivity index (χ1) is 6.02. The van der Waals surface area contributed by atoms with Gasteiger partial charge >= 0.3 is 5.97 Å². The number of carbonyl (C=O) groups is 1. The van der Waals surface area contributed by atoms with Gasteiger partial charge < -0.3 is 4.74 Å². The monoisotopic (exact) mass is 186 g/mol. The van der Waals surface area contributed by atoms with Crippen molar-refractivity contribution in [2.75, 3.05) is 0 Å². The Labute approximate surface area is 81.7 Å². The summed E-state index contributed by atoms with van der Waals surface area (Å²) in [5.74, 6) is -0.0553. The van der Waals surface area contributed by atoms with Crippen molar-refractivity contribution in [3.8, 4) is 0 Å². The van der Waals surface area contributed by atoms with Crippen LogP contribution < -0.4 is 0 Å². The summed E-state index contributed by atoms with van der Waals surface area (Å²) >= 11 is 0. The lowest BCUT2D eigenvalue weighted by Gasteiger charge is -2.23. The molecule has 0 heterocycles. The van der Waals surface area contributed by atoms with Gasteiger partial charge in [0.15, 0.2) is 0 Å². The van der Waals surface area contributed by atoms with Crippen molar-refractivity contribution in [3.05, 3.63) is 0 Å². The lowest BCUT2D eigenvalue weighted by molar-refractivity contribution is -0.156. The third-order valence-electron chi connectivity index (χ3n) is 2.23. The molecule has 0 saturated heterocycles. The van der Waals surface area contributed by atoms with Crippen molar-refractivity contribution < 1.29 is 9.53 Å². The molecule has 0 aromatic carbocycles. The molecule has 0 atom stereocenters. The molecule has 0 rings (SSSR count). The van der Waals surface area contributed by atoms with E-state index in [2.05, 4.69) is 6.92 Å². The molecule has 0 fully saturated rings. The molecule has 13 heavy (non-hydrogen) atoms. The van der Waals surface area contributed by atoms with Crippen molar-refractivity contribution in [3.63, 3.8) is 0 Å². The molecule has 0 aliphatic heterocycles. The van der Waals surface area contributed by atoms with Crippen LogP contribution in [0.3, 0.4) is 0 Å². The standard InChI is InChI=1S/C11H22O2/c1-5-7-8-9-10(12)13-11(3,4)6-2/h5-9H2,1-4H3. The van der Waals surface area contributed by atoms with E-state index in [1.54, 1.807) is 0 Å². The summed E-state index contributed by atoms with van der Waals surface area (Å²) in [6.45, 7) is 8.05. The quantitative estimate of drug-likeness (QED) is 0.470. The van der Waals surface area contributed by atoms with Crippen LogP contribution in [0.1, 0.15) is 59.8 Å². The molecule has 0 bridgehead atoms.